The third-order valence-corrected chi connectivity index (χ3v) is 8.07. The zero-order chi connectivity index (χ0) is 30.5. The van der Waals surface area contributed by atoms with Crippen LogP contribution >= 0.6 is 15.9 Å². The van der Waals surface area contributed by atoms with Gasteiger partial charge in [-0.15, -0.1) is 0 Å². The molecule has 2 aliphatic carbocycles. The molecule has 42 heavy (non-hydrogen) atoms. The normalized spacial score (nSPS) is 22.5. The number of nitrogens with two attached hydrogens (primary N) is 1. The molecule has 6 rings (SSSR count). The van der Waals surface area contributed by atoms with Gasteiger partial charge in [0.2, 0.25) is 16.5 Å². The number of amides is 2. The highest BCUT2D eigenvalue weighted by atomic mass is 79.9. The van der Waals surface area contributed by atoms with Crippen molar-refractivity contribution in [1.82, 2.24) is 4.90 Å². The van der Waals surface area contributed by atoms with E-state index in [4.69, 9.17) is 5.73 Å². The van der Waals surface area contributed by atoms with E-state index in [9.17, 15) is 14.4 Å². The van der Waals surface area contributed by atoms with Crippen LogP contribution in [-0.4, -0.2) is 42.7 Å². The first-order valence-electron chi connectivity index (χ1n) is 13.5. The van der Waals surface area contributed by atoms with Crippen molar-refractivity contribution in [1.29, 1.82) is 0 Å². The maximum atomic E-state index is 12.1. The van der Waals surface area contributed by atoms with Crippen LogP contribution in [-0.2, 0) is 14.3 Å². The minimum atomic E-state index is -0.0666. The Morgan fingerprint density at radius 3 is 1.29 bits per heavy atom. The third kappa shape index (κ3) is 9.23. The van der Waals surface area contributed by atoms with Gasteiger partial charge in [0.05, 0.1) is 11.8 Å². The van der Waals surface area contributed by atoms with Gasteiger partial charge in [-0.2, -0.15) is 0 Å². The number of ether oxygens (including phenoxy) is 1. The number of carbonyl (C=O) groups is 3. The quantitative estimate of drug-likeness (QED) is 0.129. The van der Waals surface area contributed by atoms with E-state index in [1.165, 1.54) is 16.0 Å². The van der Waals surface area contributed by atoms with E-state index < -0.39 is 0 Å². The Kier molecular flexibility index (Phi) is 15.7. The Bertz CT molecular complexity index is 1220. The molecule has 7 heteroatoms. The van der Waals surface area contributed by atoms with E-state index in [2.05, 4.69) is 41.4 Å². The second-order valence-corrected chi connectivity index (χ2v) is 10.9. The fourth-order valence-corrected chi connectivity index (χ4v) is 6.02. The summed E-state index contributed by atoms with van der Waals surface area (Å²) in [5.74, 6) is 1.08. The highest BCUT2D eigenvalue weighted by Crippen LogP contribution is 2.61. The van der Waals surface area contributed by atoms with E-state index in [0.29, 0.717) is 23.3 Å². The number of methoxy groups -OCH3 is 1. The van der Waals surface area contributed by atoms with Crippen LogP contribution in [0.2, 0.25) is 0 Å². The van der Waals surface area contributed by atoms with Gasteiger partial charge in [0, 0.05) is 32.5 Å². The summed E-state index contributed by atoms with van der Waals surface area (Å²) in [5, 5.41) is 0. The summed E-state index contributed by atoms with van der Waals surface area (Å²) in [7, 11) is 4.87. The van der Waals surface area contributed by atoms with Crippen LogP contribution in [0.4, 0.5) is 5.69 Å². The lowest BCUT2D eigenvalue weighted by molar-refractivity contribution is -0.139. The predicted molar refractivity (Wildman–Crippen MR) is 176 cm³/mol. The number of halogens is 1. The van der Waals surface area contributed by atoms with E-state index in [-0.39, 0.29) is 35.8 Å². The van der Waals surface area contributed by atoms with Gasteiger partial charge >= 0.3 is 0 Å². The van der Waals surface area contributed by atoms with Crippen LogP contribution in [0.5, 0.6) is 0 Å². The van der Waals surface area contributed by atoms with Crippen molar-refractivity contribution in [2.45, 2.75) is 28.2 Å². The molecule has 3 aromatic carbocycles. The molecule has 2 bridgehead atoms. The number of likely N-dealkylation sites (tertiary alicyclic amines) is 1. The van der Waals surface area contributed by atoms with Gasteiger partial charge in [-0.1, -0.05) is 110 Å². The topological polar surface area (TPSA) is 89.7 Å². The molecule has 2 N–H and O–H groups in total. The van der Waals surface area contributed by atoms with Crippen molar-refractivity contribution in [2.24, 2.45) is 29.6 Å². The minimum absolute atomic E-state index is 0. The summed E-state index contributed by atoms with van der Waals surface area (Å²) < 4.78 is 4.18. The van der Waals surface area contributed by atoms with Gasteiger partial charge < -0.3 is 10.5 Å². The summed E-state index contributed by atoms with van der Waals surface area (Å²) in [6.45, 7) is 6.44. The van der Waals surface area contributed by atoms with Crippen molar-refractivity contribution in [3.8, 4) is 0 Å². The second kappa shape index (κ2) is 18.1. The molecule has 3 aromatic rings. The smallest absolute Gasteiger partial charge is 0.233 e. The van der Waals surface area contributed by atoms with Gasteiger partial charge in [0.1, 0.15) is 0 Å². The van der Waals surface area contributed by atoms with E-state index in [1.807, 2.05) is 84.9 Å². The molecule has 226 valence electrons. The standard InChI is InChI=1S/C13H17NO2.C7H5BrO.C6H7N.C6H6.C2H6O.CH4/c1-5-6(2)9-7(3)8(5)10-11(9)13(16)14(4)12(10)15;8-7(9)6-4-2-1-3-5-6;7-6-4-2-1-3-5-6;1-2-4-6-5-3-1;1-3-2;/h7-11H,1-4H3;1-5H;1-5H,7H2;1-6H;1-2H3;1H4. The summed E-state index contributed by atoms with van der Waals surface area (Å²) in [6.07, 6.45) is 0. The molecule has 0 radical (unpaired) electrons. The lowest BCUT2D eigenvalue weighted by Crippen LogP contribution is -2.30. The van der Waals surface area contributed by atoms with Crippen molar-refractivity contribution < 1.29 is 19.1 Å². The molecule has 1 saturated heterocycles. The zero-order valence-electron chi connectivity index (χ0n) is 24.7. The van der Waals surface area contributed by atoms with Crippen molar-refractivity contribution in [2.75, 3.05) is 27.0 Å². The molecule has 6 nitrogen and oxygen atoms in total. The first-order valence-corrected chi connectivity index (χ1v) is 14.3. The van der Waals surface area contributed by atoms with Gasteiger partial charge in [-0.05, 0) is 59.7 Å². The van der Waals surface area contributed by atoms with E-state index >= 15 is 0 Å². The molecule has 3 aliphatic rings. The summed E-state index contributed by atoms with van der Waals surface area (Å²) in [4.78, 5) is 36.0. The molecule has 0 aromatic heterocycles. The lowest BCUT2D eigenvalue weighted by atomic mass is 9.78. The number of hydrogen-bond donors (Lipinski definition) is 1. The van der Waals surface area contributed by atoms with Gasteiger partial charge in [0.15, 0.2) is 0 Å². The molecule has 4 unspecified atom stereocenters. The van der Waals surface area contributed by atoms with Gasteiger partial charge in [-0.25, -0.2) is 0 Å². The van der Waals surface area contributed by atoms with Crippen LogP contribution < -0.4 is 5.73 Å². The van der Waals surface area contributed by atoms with E-state index in [0.717, 1.165) is 5.69 Å². The van der Waals surface area contributed by atoms with Crippen molar-refractivity contribution in [3.05, 3.63) is 114 Å². The highest BCUT2D eigenvalue weighted by Gasteiger charge is 2.64. The van der Waals surface area contributed by atoms with Gasteiger partial charge in [-0.3, -0.25) is 19.3 Å². The van der Waals surface area contributed by atoms with Crippen LogP contribution in [0.3, 0.4) is 0 Å². The molecular weight excluding hydrogens is 592 g/mol. The third-order valence-electron chi connectivity index (χ3n) is 7.61. The first-order chi connectivity index (χ1) is 19.6. The average molecular weight is 638 g/mol. The van der Waals surface area contributed by atoms with Crippen LogP contribution in [0.25, 0.3) is 0 Å². The Hall–Kier alpha value is -3.55. The Balaban J connectivity index is 0.000000290. The number of anilines is 1. The highest BCUT2D eigenvalue weighted by molar-refractivity contribution is 9.18. The molecule has 2 fully saturated rings. The minimum Gasteiger partial charge on any atom is -0.399 e. The number of benzene rings is 3. The number of para-hydroxylation sites is 1. The Morgan fingerprint density at radius 2 is 1.02 bits per heavy atom. The van der Waals surface area contributed by atoms with Crippen molar-refractivity contribution in [3.63, 3.8) is 0 Å². The predicted octanol–water partition coefficient (Wildman–Crippen LogP) is 7.53. The number of hydrogen-bond acceptors (Lipinski definition) is 5. The molecule has 4 atom stereocenters. The number of carbonyl (C=O) groups excluding carboxylic acids is 3. The summed E-state index contributed by atoms with van der Waals surface area (Å²) >= 11 is 2.84. The number of fused-ring (bicyclic) bond motifs is 5. The van der Waals surface area contributed by atoms with Crippen LogP contribution in [0.1, 0.15) is 38.6 Å². The number of nitrogens with zero attached hydrogens (tertiary/aromatic N) is 1. The SMILES string of the molecule is C.CC1=C(C)C2C(C)C1C1C(=O)N(C)C(=O)C21.COC.Nc1ccccc1.O=C(Br)c1ccccc1.c1ccccc1. The van der Waals surface area contributed by atoms with Gasteiger partial charge in [0.25, 0.3) is 0 Å². The fraction of sp³-hybridized carbons (Fsp3) is 0.343. The monoisotopic (exact) mass is 636 g/mol. The Labute approximate surface area is 260 Å². The number of imide groups is 1. The Morgan fingerprint density at radius 1 is 0.714 bits per heavy atom. The second-order valence-electron chi connectivity index (χ2n) is 10.2. The maximum absolute atomic E-state index is 12.1. The molecule has 1 saturated carbocycles. The molecule has 0 spiro atoms. The zero-order valence-corrected chi connectivity index (χ0v) is 26.2. The molecule has 2 amide bonds. The number of rotatable bonds is 1. The summed E-state index contributed by atoms with van der Waals surface area (Å²) in [5.41, 5.74) is 9.59. The molecule has 1 aliphatic heterocycles. The first kappa shape index (κ1) is 36.5. The van der Waals surface area contributed by atoms with Crippen LogP contribution in [0.15, 0.2) is 108 Å². The van der Waals surface area contributed by atoms with Crippen molar-refractivity contribution >= 4 is 38.1 Å². The number of nitrogen functional groups attached to an aromatic ring is 1. The summed E-state index contributed by atoms with van der Waals surface area (Å²) in [6, 6.07) is 30.5. The van der Waals surface area contributed by atoms with Crippen LogP contribution in [0, 0.1) is 29.6 Å². The largest absolute Gasteiger partial charge is 0.399 e. The lowest BCUT2D eigenvalue weighted by Gasteiger charge is -2.22. The number of allylic oxidation sites excluding steroid dienone is 2. The maximum Gasteiger partial charge on any atom is 0.233 e. The molecular formula is C35H45BrN2O4. The van der Waals surface area contributed by atoms with E-state index in [1.54, 1.807) is 33.4 Å². The fourth-order valence-electron chi connectivity index (χ4n) is 5.75. The average Bonchev–Trinajstić information content (AvgIpc) is 3.49. The molecule has 1 heterocycles.